The van der Waals surface area contributed by atoms with E-state index < -0.39 is 11.7 Å². The molecular formula is C19H17ClF3NO3. The van der Waals surface area contributed by atoms with Gasteiger partial charge in [0.05, 0.1) is 10.6 Å². The van der Waals surface area contributed by atoms with Crippen LogP contribution >= 0.6 is 11.6 Å². The summed E-state index contributed by atoms with van der Waals surface area (Å²) >= 11 is 5.50. The van der Waals surface area contributed by atoms with Crippen molar-refractivity contribution in [2.24, 2.45) is 0 Å². The lowest BCUT2D eigenvalue weighted by Crippen LogP contribution is -2.15. The van der Waals surface area contributed by atoms with E-state index in [0.29, 0.717) is 36.6 Å². The van der Waals surface area contributed by atoms with Crippen LogP contribution in [-0.4, -0.2) is 19.6 Å². The van der Waals surface area contributed by atoms with Crippen molar-refractivity contribution >= 4 is 29.8 Å². The van der Waals surface area contributed by atoms with Gasteiger partial charge in [-0.3, -0.25) is 4.79 Å². The Labute approximate surface area is 159 Å². The topological polar surface area (TPSA) is 47.6 Å². The van der Waals surface area contributed by atoms with E-state index in [1.807, 2.05) is 0 Å². The number of ether oxygens (including phenoxy) is 2. The number of benzene rings is 2. The summed E-state index contributed by atoms with van der Waals surface area (Å²) in [6, 6.07) is 8.95. The zero-order valence-corrected chi connectivity index (χ0v) is 15.1. The van der Waals surface area contributed by atoms with Crippen LogP contribution in [-0.2, 0) is 11.0 Å². The van der Waals surface area contributed by atoms with Gasteiger partial charge in [-0.15, -0.1) is 0 Å². The molecule has 0 bridgehead atoms. The van der Waals surface area contributed by atoms with Gasteiger partial charge in [0.2, 0.25) is 6.41 Å². The van der Waals surface area contributed by atoms with Crippen LogP contribution in [0, 0.1) is 0 Å². The van der Waals surface area contributed by atoms with Gasteiger partial charge in [0, 0.05) is 11.8 Å². The number of nitrogens with one attached hydrogen (secondary N) is 1. The Morgan fingerprint density at radius 3 is 2.37 bits per heavy atom. The number of halogens is 4. The van der Waals surface area contributed by atoms with E-state index in [4.69, 9.17) is 21.1 Å². The number of amides is 1. The van der Waals surface area contributed by atoms with Crippen molar-refractivity contribution in [2.75, 3.05) is 18.5 Å². The van der Waals surface area contributed by atoms with Gasteiger partial charge in [0.25, 0.3) is 0 Å². The molecule has 0 unspecified atom stereocenters. The second-order valence-electron chi connectivity index (χ2n) is 5.36. The van der Waals surface area contributed by atoms with Crippen LogP contribution < -0.4 is 14.8 Å². The molecule has 0 atom stereocenters. The van der Waals surface area contributed by atoms with Crippen LogP contribution in [0.2, 0.25) is 5.02 Å². The molecule has 1 heterocycles. The molecule has 0 aromatic heterocycles. The summed E-state index contributed by atoms with van der Waals surface area (Å²) in [5.74, 6) is 1.40. The lowest BCUT2D eigenvalue weighted by molar-refractivity contribution is -0.137. The molecule has 144 valence electrons. The van der Waals surface area contributed by atoms with Crippen LogP contribution in [0.25, 0.3) is 6.08 Å². The highest BCUT2D eigenvalue weighted by Crippen LogP contribution is 2.35. The Bertz CT molecular complexity index is 822. The van der Waals surface area contributed by atoms with Gasteiger partial charge in [-0.2, -0.15) is 13.2 Å². The molecule has 2 aromatic rings. The SMILES string of the molecule is C/C=C/c1ccc(C(F)(F)F)c(Cl)c1.O=CNc1ccc2c(c1)OCCO2. The maximum absolute atomic E-state index is 12.3. The molecule has 0 saturated heterocycles. The Kier molecular flexibility index (Phi) is 7.12. The normalized spacial score (nSPS) is 12.9. The van der Waals surface area contributed by atoms with Crippen LogP contribution in [0.1, 0.15) is 18.1 Å². The minimum atomic E-state index is -4.38. The van der Waals surface area contributed by atoms with Crippen LogP contribution in [0.5, 0.6) is 11.5 Å². The average molecular weight is 400 g/mol. The third kappa shape index (κ3) is 5.92. The van der Waals surface area contributed by atoms with E-state index in [2.05, 4.69) is 5.32 Å². The highest BCUT2D eigenvalue weighted by atomic mass is 35.5. The monoisotopic (exact) mass is 399 g/mol. The van der Waals surface area contributed by atoms with E-state index in [1.54, 1.807) is 37.3 Å². The molecule has 3 rings (SSSR count). The second kappa shape index (κ2) is 9.32. The zero-order chi connectivity index (χ0) is 19.9. The number of hydrogen-bond donors (Lipinski definition) is 1. The van der Waals surface area contributed by atoms with Gasteiger partial charge in [-0.1, -0.05) is 29.8 Å². The Morgan fingerprint density at radius 2 is 1.78 bits per heavy atom. The van der Waals surface area contributed by atoms with Gasteiger partial charge >= 0.3 is 6.18 Å². The molecule has 1 amide bonds. The van der Waals surface area contributed by atoms with E-state index in [-0.39, 0.29) is 5.02 Å². The highest BCUT2D eigenvalue weighted by molar-refractivity contribution is 6.31. The largest absolute Gasteiger partial charge is 0.486 e. The third-order valence-electron chi connectivity index (χ3n) is 3.43. The lowest BCUT2D eigenvalue weighted by atomic mass is 10.1. The first kappa shape index (κ1) is 20.6. The summed E-state index contributed by atoms with van der Waals surface area (Å²) in [6.45, 7) is 2.91. The predicted molar refractivity (Wildman–Crippen MR) is 98.3 cm³/mol. The molecule has 1 aliphatic heterocycles. The number of allylic oxidation sites excluding steroid dienone is 1. The number of fused-ring (bicyclic) bond motifs is 1. The van der Waals surface area contributed by atoms with Crippen LogP contribution in [0.15, 0.2) is 42.5 Å². The van der Waals surface area contributed by atoms with E-state index in [0.717, 1.165) is 11.8 Å². The van der Waals surface area contributed by atoms with Crippen molar-refractivity contribution in [2.45, 2.75) is 13.1 Å². The summed E-state index contributed by atoms with van der Waals surface area (Å²) in [4.78, 5) is 10.2. The number of rotatable bonds is 3. The number of anilines is 1. The van der Waals surface area contributed by atoms with E-state index in [1.165, 1.54) is 12.1 Å². The molecule has 0 aliphatic carbocycles. The summed E-state index contributed by atoms with van der Waals surface area (Å²) in [5.41, 5.74) is 0.567. The minimum absolute atomic E-state index is 0.270. The number of alkyl halides is 3. The van der Waals surface area contributed by atoms with Crippen molar-refractivity contribution in [3.8, 4) is 11.5 Å². The van der Waals surface area contributed by atoms with E-state index in [9.17, 15) is 18.0 Å². The fraction of sp³-hybridized carbons (Fsp3) is 0.211. The first-order valence-corrected chi connectivity index (χ1v) is 8.32. The summed E-state index contributed by atoms with van der Waals surface area (Å²) in [5, 5.41) is 2.27. The average Bonchev–Trinajstić information content (AvgIpc) is 2.62. The van der Waals surface area contributed by atoms with E-state index >= 15 is 0 Å². The molecule has 27 heavy (non-hydrogen) atoms. The maximum Gasteiger partial charge on any atom is 0.417 e. The van der Waals surface area contributed by atoms with Gasteiger partial charge in [-0.05, 0) is 36.8 Å². The van der Waals surface area contributed by atoms with Gasteiger partial charge in [-0.25, -0.2) is 0 Å². The van der Waals surface area contributed by atoms with Crippen LogP contribution in [0.3, 0.4) is 0 Å². The molecule has 8 heteroatoms. The standard InChI is InChI=1S/C10H8ClF3.C9H9NO3/c1-2-3-7-4-5-8(9(11)6-7)10(12,13)14;11-6-10-7-1-2-8-9(5-7)13-4-3-12-8/h2-6H,1H3;1-2,5-6H,3-4H2,(H,10,11)/b3-2+;. The summed E-state index contributed by atoms with van der Waals surface area (Å²) < 4.78 is 47.4. The first-order valence-electron chi connectivity index (χ1n) is 7.94. The molecule has 1 aliphatic rings. The fourth-order valence-corrected chi connectivity index (χ4v) is 2.55. The number of carbonyl (C=O) groups excluding carboxylic acids is 1. The lowest BCUT2D eigenvalue weighted by Gasteiger charge is -2.18. The number of carbonyl (C=O) groups is 1. The van der Waals surface area contributed by atoms with Crippen molar-refractivity contribution in [1.29, 1.82) is 0 Å². The minimum Gasteiger partial charge on any atom is -0.486 e. The van der Waals surface area contributed by atoms with Crippen LogP contribution in [0.4, 0.5) is 18.9 Å². The maximum atomic E-state index is 12.3. The van der Waals surface area contributed by atoms with Gasteiger partial charge in [0.15, 0.2) is 11.5 Å². The van der Waals surface area contributed by atoms with Crippen molar-refractivity contribution in [3.05, 3.63) is 58.6 Å². The van der Waals surface area contributed by atoms with Gasteiger partial charge < -0.3 is 14.8 Å². The Balaban J connectivity index is 0.000000194. The smallest absolute Gasteiger partial charge is 0.417 e. The van der Waals surface area contributed by atoms with Crippen molar-refractivity contribution in [1.82, 2.24) is 0 Å². The molecule has 2 aromatic carbocycles. The van der Waals surface area contributed by atoms with Crippen molar-refractivity contribution in [3.63, 3.8) is 0 Å². The molecule has 1 N–H and O–H groups in total. The first-order chi connectivity index (χ1) is 12.8. The zero-order valence-electron chi connectivity index (χ0n) is 14.3. The van der Waals surface area contributed by atoms with Gasteiger partial charge in [0.1, 0.15) is 13.2 Å². The molecule has 0 spiro atoms. The molecule has 0 saturated carbocycles. The number of hydrogen-bond acceptors (Lipinski definition) is 3. The highest BCUT2D eigenvalue weighted by Gasteiger charge is 2.32. The quantitative estimate of drug-likeness (QED) is 0.701. The Hall–Kier alpha value is -2.67. The molecule has 0 radical (unpaired) electrons. The second-order valence-corrected chi connectivity index (χ2v) is 5.76. The predicted octanol–water partition coefficient (Wildman–Crippen LogP) is 5.42. The third-order valence-corrected chi connectivity index (χ3v) is 3.74. The fourth-order valence-electron chi connectivity index (χ4n) is 2.26. The Morgan fingerprint density at radius 1 is 1.07 bits per heavy atom. The summed E-state index contributed by atoms with van der Waals surface area (Å²) in [6.07, 6.45) is -0.331. The molecular weight excluding hydrogens is 383 g/mol. The summed E-state index contributed by atoms with van der Waals surface area (Å²) in [7, 11) is 0. The molecule has 4 nitrogen and oxygen atoms in total. The van der Waals surface area contributed by atoms with Crippen molar-refractivity contribution < 1.29 is 27.4 Å². The molecule has 0 fully saturated rings.